The second-order valence-electron chi connectivity index (χ2n) is 11.5. The SMILES string of the molecule is O=C(NC[C@@H]1CCCO1)[C@@H](Cc1ccccc1)N(Cc1ccc(F)cc1)C(=O)CCc1ccc(S(=O)(=O)N2CCCC2)cc1. The molecule has 0 bridgehead atoms. The monoisotopic (exact) mass is 621 g/mol. The molecule has 2 atom stereocenters. The van der Waals surface area contributed by atoms with Crippen LogP contribution in [0.15, 0.2) is 83.8 Å². The number of sulfonamides is 1. The Balaban J connectivity index is 1.34. The number of nitrogens with one attached hydrogen (secondary N) is 1. The first kappa shape index (κ1) is 31.8. The number of carbonyl (C=O) groups excluding carboxylic acids is 2. The lowest BCUT2D eigenvalue weighted by Gasteiger charge is -2.32. The molecule has 2 amide bonds. The Labute approximate surface area is 259 Å². The molecule has 2 heterocycles. The van der Waals surface area contributed by atoms with Gasteiger partial charge in [0.25, 0.3) is 0 Å². The van der Waals surface area contributed by atoms with Gasteiger partial charge in [-0.2, -0.15) is 4.31 Å². The Kier molecular flexibility index (Phi) is 10.8. The summed E-state index contributed by atoms with van der Waals surface area (Å²) >= 11 is 0. The zero-order chi connectivity index (χ0) is 30.9. The van der Waals surface area contributed by atoms with Crippen molar-refractivity contribution in [2.45, 2.75) is 68.5 Å². The number of benzene rings is 3. The van der Waals surface area contributed by atoms with E-state index in [1.54, 1.807) is 41.3 Å². The van der Waals surface area contributed by atoms with Crippen LogP contribution in [-0.2, 0) is 43.7 Å². The largest absolute Gasteiger partial charge is 0.376 e. The molecule has 0 aromatic heterocycles. The number of rotatable bonds is 13. The van der Waals surface area contributed by atoms with E-state index in [0.717, 1.165) is 36.8 Å². The standard InChI is InChI=1S/C34H40FN3O5S/c35-29-15-10-28(11-16-29)25-38(32(23-27-7-2-1-3-8-27)34(40)36-24-30-9-6-22-43-30)33(39)19-14-26-12-17-31(18-13-26)44(41,42)37-20-4-5-21-37/h1-3,7-8,10-13,15-18,30,32H,4-6,9,14,19-25H2,(H,36,40)/t30-,32+/m0/s1. The summed E-state index contributed by atoms with van der Waals surface area (Å²) in [7, 11) is -3.52. The number of hydrogen-bond donors (Lipinski definition) is 1. The minimum Gasteiger partial charge on any atom is -0.376 e. The molecule has 1 N–H and O–H groups in total. The molecule has 0 unspecified atom stereocenters. The molecule has 2 aliphatic heterocycles. The van der Waals surface area contributed by atoms with Crippen LogP contribution in [0.5, 0.6) is 0 Å². The van der Waals surface area contributed by atoms with Crippen molar-refractivity contribution in [2.24, 2.45) is 0 Å². The van der Waals surface area contributed by atoms with E-state index in [1.807, 2.05) is 30.3 Å². The van der Waals surface area contributed by atoms with Crippen molar-refractivity contribution in [3.8, 4) is 0 Å². The molecule has 0 saturated carbocycles. The van der Waals surface area contributed by atoms with Crippen molar-refractivity contribution < 1.29 is 27.1 Å². The van der Waals surface area contributed by atoms with Crippen molar-refractivity contribution in [2.75, 3.05) is 26.2 Å². The lowest BCUT2D eigenvalue weighted by molar-refractivity contribution is -0.141. The zero-order valence-electron chi connectivity index (χ0n) is 24.9. The fourth-order valence-electron chi connectivity index (χ4n) is 5.78. The van der Waals surface area contributed by atoms with E-state index in [2.05, 4.69) is 5.32 Å². The minimum absolute atomic E-state index is 0.0465. The molecule has 0 spiro atoms. The number of amides is 2. The van der Waals surface area contributed by atoms with Gasteiger partial charge in [0.1, 0.15) is 11.9 Å². The van der Waals surface area contributed by atoms with Gasteiger partial charge < -0.3 is 15.0 Å². The summed E-state index contributed by atoms with van der Waals surface area (Å²) in [6.45, 7) is 2.25. The van der Waals surface area contributed by atoms with Crippen LogP contribution < -0.4 is 5.32 Å². The van der Waals surface area contributed by atoms with Gasteiger partial charge in [0.05, 0.1) is 11.0 Å². The predicted molar refractivity (Wildman–Crippen MR) is 166 cm³/mol. The summed E-state index contributed by atoms with van der Waals surface area (Å²) in [4.78, 5) is 29.5. The van der Waals surface area contributed by atoms with Gasteiger partial charge in [-0.05, 0) is 73.1 Å². The molecule has 234 valence electrons. The first-order chi connectivity index (χ1) is 21.3. The fraction of sp³-hybridized carbons (Fsp3) is 0.412. The number of hydrogen-bond acceptors (Lipinski definition) is 5. The maximum atomic E-state index is 13.9. The van der Waals surface area contributed by atoms with Gasteiger partial charge in [0.15, 0.2) is 0 Å². The van der Waals surface area contributed by atoms with Gasteiger partial charge in [-0.15, -0.1) is 0 Å². The summed E-state index contributed by atoms with van der Waals surface area (Å²) in [5.41, 5.74) is 2.44. The van der Waals surface area contributed by atoms with Crippen LogP contribution in [0.25, 0.3) is 0 Å². The van der Waals surface area contributed by atoms with E-state index < -0.39 is 16.1 Å². The Morgan fingerprint density at radius 3 is 2.25 bits per heavy atom. The third-order valence-corrected chi connectivity index (χ3v) is 10.2. The van der Waals surface area contributed by atoms with E-state index in [1.165, 1.54) is 16.4 Å². The normalized spacial score (nSPS) is 17.8. The lowest BCUT2D eigenvalue weighted by atomic mass is 10.0. The van der Waals surface area contributed by atoms with Gasteiger partial charge in [-0.25, -0.2) is 12.8 Å². The summed E-state index contributed by atoms with van der Waals surface area (Å²) < 4.78 is 46.7. The maximum Gasteiger partial charge on any atom is 0.243 e. The van der Waals surface area contributed by atoms with Gasteiger partial charge in [-0.1, -0.05) is 54.6 Å². The van der Waals surface area contributed by atoms with E-state index in [0.29, 0.717) is 44.6 Å². The topological polar surface area (TPSA) is 96.0 Å². The lowest BCUT2D eigenvalue weighted by Crippen LogP contribution is -2.51. The number of carbonyl (C=O) groups is 2. The van der Waals surface area contributed by atoms with Gasteiger partial charge in [0.2, 0.25) is 21.8 Å². The van der Waals surface area contributed by atoms with Crippen LogP contribution in [0.3, 0.4) is 0 Å². The Bertz CT molecular complexity index is 1490. The highest BCUT2D eigenvalue weighted by Crippen LogP contribution is 2.22. The summed E-state index contributed by atoms with van der Waals surface area (Å²) in [5.74, 6) is -0.871. The van der Waals surface area contributed by atoms with Crippen LogP contribution >= 0.6 is 0 Å². The van der Waals surface area contributed by atoms with Crippen LogP contribution in [0.2, 0.25) is 0 Å². The molecule has 2 aliphatic rings. The van der Waals surface area contributed by atoms with Crippen molar-refractivity contribution >= 4 is 21.8 Å². The Morgan fingerprint density at radius 2 is 1.59 bits per heavy atom. The zero-order valence-corrected chi connectivity index (χ0v) is 25.7. The highest BCUT2D eigenvalue weighted by molar-refractivity contribution is 7.89. The predicted octanol–water partition coefficient (Wildman–Crippen LogP) is 4.48. The maximum absolute atomic E-state index is 13.9. The fourth-order valence-corrected chi connectivity index (χ4v) is 7.30. The second kappa shape index (κ2) is 14.9. The molecule has 10 heteroatoms. The molecular formula is C34H40FN3O5S. The summed E-state index contributed by atoms with van der Waals surface area (Å²) in [6, 6.07) is 21.4. The molecule has 0 aliphatic carbocycles. The molecule has 5 rings (SSSR count). The average Bonchev–Trinajstić information content (AvgIpc) is 3.78. The first-order valence-corrected chi connectivity index (χ1v) is 16.8. The molecule has 2 saturated heterocycles. The van der Waals surface area contributed by atoms with E-state index in [4.69, 9.17) is 4.74 Å². The molecular weight excluding hydrogens is 581 g/mol. The molecule has 8 nitrogen and oxygen atoms in total. The van der Waals surface area contributed by atoms with Crippen molar-refractivity contribution in [1.82, 2.24) is 14.5 Å². The molecule has 2 fully saturated rings. The third kappa shape index (κ3) is 8.31. The van der Waals surface area contributed by atoms with Crippen molar-refractivity contribution in [3.05, 3.63) is 101 Å². The minimum atomic E-state index is -3.52. The van der Waals surface area contributed by atoms with E-state index >= 15 is 0 Å². The van der Waals surface area contributed by atoms with Crippen LogP contribution in [0.1, 0.15) is 48.8 Å². The molecule has 3 aromatic carbocycles. The Hall–Kier alpha value is -3.60. The first-order valence-electron chi connectivity index (χ1n) is 15.4. The molecule has 3 aromatic rings. The molecule has 0 radical (unpaired) electrons. The van der Waals surface area contributed by atoms with E-state index in [-0.39, 0.29) is 41.6 Å². The Morgan fingerprint density at radius 1 is 0.909 bits per heavy atom. The van der Waals surface area contributed by atoms with Gasteiger partial charge in [-0.3, -0.25) is 9.59 Å². The highest BCUT2D eigenvalue weighted by Gasteiger charge is 2.31. The number of nitrogens with zero attached hydrogens (tertiary/aromatic N) is 2. The van der Waals surface area contributed by atoms with Crippen molar-refractivity contribution in [3.63, 3.8) is 0 Å². The number of ether oxygens (including phenoxy) is 1. The van der Waals surface area contributed by atoms with E-state index in [9.17, 15) is 22.4 Å². The van der Waals surface area contributed by atoms with Crippen molar-refractivity contribution in [1.29, 1.82) is 0 Å². The highest BCUT2D eigenvalue weighted by atomic mass is 32.2. The van der Waals surface area contributed by atoms with Crippen LogP contribution in [-0.4, -0.2) is 67.8 Å². The summed E-state index contributed by atoms with van der Waals surface area (Å²) in [6.07, 6.45) is 4.32. The summed E-state index contributed by atoms with van der Waals surface area (Å²) in [5, 5.41) is 3.01. The van der Waals surface area contributed by atoms with Gasteiger partial charge >= 0.3 is 0 Å². The molecule has 44 heavy (non-hydrogen) atoms. The second-order valence-corrected chi connectivity index (χ2v) is 13.4. The number of halogens is 1. The average molecular weight is 622 g/mol. The quantitative estimate of drug-likeness (QED) is 0.304. The van der Waals surface area contributed by atoms with Crippen LogP contribution in [0, 0.1) is 5.82 Å². The smallest absolute Gasteiger partial charge is 0.243 e. The van der Waals surface area contributed by atoms with Crippen LogP contribution in [0.4, 0.5) is 4.39 Å². The number of aryl methyl sites for hydroxylation is 1. The third-order valence-electron chi connectivity index (χ3n) is 8.32. The van der Waals surface area contributed by atoms with Gasteiger partial charge in [0, 0.05) is 45.6 Å².